The number of nitrogens with zero attached hydrogens (tertiary/aromatic N) is 5. The topological polar surface area (TPSA) is 110 Å². The van der Waals surface area contributed by atoms with E-state index >= 15 is 0 Å². The minimum Gasteiger partial charge on any atom is -0.383 e. The van der Waals surface area contributed by atoms with Crippen LogP contribution in [0.15, 0.2) is 82.7 Å². The van der Waals surface area contributed by atoms with Crippen LogP contribution in [0.3, 0.4) is 0 Å². The van der Waals surface area contributed by atoms with Crippen LogP contribution in [-0.2, 0) is 5.75 Å². The molecule has 0 saturated carbocycles. The Hall–Kier alpha value is -4.22. The van der Waals surface area contributed by atoms with Gasteiger partial charge >= 0.3 is 0 Å². The Morgan fingerprint density at radius 2 is 1.53 bits per heavy atom. The number of nitrogen functional groups attached to an aromatic ring is 1. The smallest absolute Gasteiger partial charge is 0.266 e. The summed E-state index contributed by atoms with van der Waals surface area (Å²) < 4.78 is 1.55. The van der Waals surface area contributed by atoms with Crippen molar-refractivity contribution in [2.45, 2.75) is 10.9 Å². The lowest BCUT2D eigenvalue weighted by Gasteiger charge is -2.13. The molecule has 0 atom stereocenters. The molecule has 0 aliphatic carbocycles. The van der Waals surface area contributed by atoms with E-state index in [0.717, 1.165) is 10.9 Å². The quantitative estimate of drug-likeness (QED) is 0.334. The van der Waals surface area contributed by atoms with E-state index in [1.165, 1.54) is 11.8 Å². The highest BCUT2D eigenvalue weighted by atomic mass is 32.2. The third-order valence-electron chi connectivity index (χ3n) is 5.01. The van der Waals surface area contributed by atoms with Crippen molar-refractivity contribution in [2.75, 3.05) is 5.73 Å². The number of rotatable bonds is 4. The molecule has 0 spiro atoms. The largest absolute Gasteiger partial charge is 0.383 e. The molecule has 0 radical (unpaired) electrons. The summed E-state index contributed by atoms with van der Waals surface area (Å²) in [5.41, 5.74) is 8.47. The first-order valence-corrected chi connectivity index (χ1v) is 10.8. The Bertz CT molecular complexity index is 1570. The highest BCUT2D eigenvalue weighted by molar-refractivity contribution is 7.98. The van der Waals surface area contributed by atoms with Crippen LogP contribution >= 0.6 is 11.8 Å². The summed E-state index contributed by atoms with van der Waals surface area (Å²) in [5, 5.41) is 10.9. The molecule has 0 aliphatic rings. The summed E-state index contributed by atoms with van der Waals surface area (Å²) in [5.74, 6) is 1.36. The monoisotopic (exact) mass is 436 g/mol. The zero-order valence-corrected chi connectivity index (χ0v) is 17.6. The average molecular weight is 437 g/mol. The molecule has 32 heavy (non-hydrogen) atoms. The van der Waals surface area contributed by atoms with Gasteiger partial charge in [-0.25, -0.2) is 15.0 Å². The molecule has 0 aliphatic heterocycles. The predicted octanol–water partition coefficient (Wildman–Crippen LogP) is 4.08. The van der Waals surface area contributed by atoms with Crippen molar-refractivity contribution in [3.63, 3.8) is 0 Å². The average Bonchev–Trinajstić information content (AvgIpc) is 2.83. The standard InChI is InChI=1S/C24H16N6OS/c25-13-15-9-11-16(12-10-15)30-23(31)18-6-2-4-8-20(18)28-24(30)32-14-21-27-19-7-3-1-5-17(19)22(26)29-21/h1-12H,14H2,(H2,26,27,29). The maximum absolute atomic E-state index is 13.3. The van der Waals surface area contributed by atoms with Gasteiger partial charge in [0.2, 0.25) is 0 Å². The summed E-state index contributed by atoms with van der Waals surface area (Å²) in [7, 11) is 0. The summed E-state index contributed by atoms with van der Waals surface area (Å²) in [6.45, 7) is 0. The summed E-state index contributed by atoms with van der Waals surface area (Å²) >= 11 is 1.36. The van der Waals surface area contributed by atoms with Gasteiger partial charge in [-0.15, -0.1) is 0 Å². The van der Waals surface area contributed by atoms with E-state index in [1.807, 2.05) is 42.5 Å². The molecule has 0 bridgehead atoms. The van der Waals surface area contributed by atoms with Gasteiger partial charge in [-0.1, -0.05) is 36.0 Å². The molecule has 5 aromatic rings. The number of nitriles is 1. The van der Waals surface area contributed by atoms with E-state index in [-0.39, 0.29) is 5.56 Å². The second kappa shape index (κ2) is 8.13. The number of para-hydroxylation sites is 2. The van der Waals surface area contributed by atoms with Gasteiger partial charge in [0.1, 0.15) is 11.6 Å². The summed E-state index contributed by atoms with van der Waals surface area (Å²) in [6.07, 6.45) is 0. The van der Waals surface area contributed by atoms with Crippen LogP contribution in [-0.4, -0.2) is 19.5 Å². The highest BCUT2D eigenvalue weighted by Crippen LogP contribution is 2.25. The summed E-state index contributed by atoms with van der Waals surface area (Å²) in [6, 6.07) is 23.7. The molecule has 0 amide bonds. The van der Waals surface area contributed by atoms with Gasteiger partial charge in [0.15, 0.2) is 5.16 Å². The lowest BCUT2D eigenvalue weighted by Crippen LogP contribution is -2.21. The first kappa shape index (κ1) is 19.7. The van der Waals surface area contributed by atoms with Gasteiger partial charge in [-0.3, -0.25) is 9.36 Å². The van der Waals surface area contributed by atoms with Crippen molar-refractivity contribution in [3.8, 4) is 11.8 Å². The van der Waals surface area contributed by atoms with Crippen LogP contribution in [0.1, 0.15) is 11.4 Å². The van der Waals surface area contributed by atoms with Gasteiger partial charge in [0.05, 0.1) is 39.5 Å². The number of anilines is 1. The molecule has 2 N–H and O–H groups in total. The van der Waals surface area contributed by atoms with Gasteiger partial charge in [-0.05, 0) is 48.5 Å². The number of thioether (sulfide) groups is 1. The van der Waals surface area contributed by atoms with Gasteiger partial charge in [0, 0.05) is 5.39 Å². The molecular weight excluding hydrogens is 420 g/mol. The first-order valence-electron chi connectivity index (χ1n) is 9.80. The summed E-state index contributed by atoms with van der Waals surface area (Å²) in [4.78, 5) is 27.1. The van der Waals surface area contributed by atoms with E-state index in [4.69, 9.17) is 16.0 Å². The fraction of sp³-hybridized carbons (Fsp3) is 0.0417. The van der Waals surface area contributed by atoms with E-state index in [0.29, 0.717) is 44.7 Å². The first-order chi connectivity index (χ1) is 15.6. The Labute approximate surface area is 187 Å². The second-order valence-electron chi connectivity index (χ2n) is 7.04. The van der Waals surface area contributed by atoms with E-state index in [1.54, 1.807) is 34.9 Å². The molecule has 7 nitrogen and oxygen atoms in total. The number of aromatic nitrogens is 4. The van der Waals surface area contributed by atoms with Crippen molar-refractivity contribution < 1.29 is 0 Å². The molecule has 2 heterocycles. The number of hydrogen-bond acceptors (Lipinski definition) is 7. The number of hydrogen-bond donors (Lipinski definition) is 1. The fourth-order valence-corrected chi connectivity index (χ4v) is 4.33. The Kier molecular flexibility index (Phi) is 5.01. The SMILES string of the molecule is N#Cc1ccc(-n2c(SCc3nc(N)c4ccccc4n3)nc3ccccc3c2=O)cc1. The predicted molar refractivity (Wildman–Crippen MR) is 126 cm³/mol. The zero-order valence-electron chi connectivity index (χ0n) is 16.8. The number of fused-ring (bicyclic) bond motifs is 2. The van der Waals surface area contributed by atoms with Crippen LogP contribution < -0.4 is 11.3 Å². The van der Waals surface area contributed by atoms with E-state index < -0.39 is 0 Å². The minimum absolute atomic E-state index is 0.179. The van der Waals surface area contributed by atoms with Crippen LogP contribution in [0.2, 0.25) is 0 Å². The highest BCUT2D eigenvalue weighted by Gasteiger charge is 2.15. The molecule has 0 unspecified atom stereocenters. The lowest BCUT2D eigenvalue weighted by atomic mass is 10.2. The van der Waals surface area contributed by atoms with Crippen molar-refractivity contribution in [1.82, 2.24) is 19.5 Å². The van der Waals surface area contributed by atoms with Crippen LogP contribution in [0.5, 0.6) is 0 Å². The van der Waals surface area contributed by atoms with E-state index in [9.17, 15) is 4.79 Å². The minimum atomic E-state index is -0.179. The maximum Gasteiger partial charge on any atom is 0.266 e. The fourth-order valence-electron chi connectivity index (χ4n) is 3.47. The van der Waals surface area contributed by atoms with Gasteiger partial charge < -0.3 is 5.73 Å². The van der Waals surface area contributed by atoms with Crippen molar-refractivity contribution >= 4 is 39.4 Å². The second-order valence-corrected chi connectivity index (χ2v) is 7.98. The van der Waals surface area contributed by atoms with Crippen LogP contribution in [0, 0.1) is 11.3 Å². The molecule has 3 aromatic carbocycles. The van der Waals surface area contributed by atoms with Crippen LogP contribution in [0.25, 0.3) is 27.5 Å². The molecule has 5 rings (SSSR count). The Morgan fingerprint density at radius 1 is 0.875 bits per heavy atom. The van der Waals surface area contributed by atoms with E-state index in [2.05, 4.69) is 16.0 Å². The molecule has 8 heteroatoms. The molecule has 0 saturated heterocycles. The van der Waals surface area contributed by atoms with Crippen molar-refractivity contribution in [3.05, 3.63) is 94.5 Å². The van der Waals surface area contributed by atoms with Gasteiger partial charge in [0.25, 0.3) is 5.56 Å². The van der Waals surface area contributed by atoms with Crippen molar-refractivity contribution in [2.24, 2.45) is 0 Å². The third-order valence-corrected chi connectivity index (χ3v) is 5.94. The molecular formula is C24H16N6OS. The Balaban J connectivity index is 1.60. The van der Waals surface area contributed by atoms with Crippen molar-refractivity contribution in [1.29, 1.82) is 5.26 Å². The zero-order chi connectivity index (χ0) is 22.1. The Morgan fingerprint density at radius 3 is 2.25 bits per heavy atom. The number of benzene rings is 3. The lowest BCUT2D eigenvalue weighted by molar-refractivity contribution is 0.818. The molecule has 0 fully saturated rings. The molecule has 154 valence electrons. The maximum atomic E-state index is 13.3. The normalized spacial score (nSPS) is 11.0. The number of nitrogens with two attached hydrogens (primary N) is 1. The van der Waals surface area contributed by atoms with Gasteiger partial charge in [-0.2, -0.15) is 5.26 Å². The van der Waals surface area contributed by atoms with Crippen LogP contribution in [0.4, 0.5) is 5.82 Å². The third kappa shape index (κ3) is 3.55. The molecule has 2 aromatic heterocycles.